The highest BCUT2D eigenvalue weighted by atomic mass is 16.5. The lowest BCUT2D eigenvalue weighted by atomic mass is 9.98. The van der Waals surface area contributed by atoms with E-state index < -0.39 is 5.97 Å². The highest BCUT2D eigenvalue weighted by Crippen LogP contribution is 2.36. The van der Waals surface area contributed by atoms with Gasteiger partial charge in [0.25, 0.3) is 5.89 Å². The van der Waals surface area contributed by atoms with Gasteiger partial charge in [0, 0.05) is 23.1 Å². The smallest absolute Gasteiger partial charge is 0.303 e. The van der Waals surface area contributed by atoms with Crippen LogP contribution in [-0.4, -0.2) is 27.8 Å². The van der Waals surface area contributed by atoms with Gasteiger partial charge in [0.1, 0.15) is 5.75 Å². The van der Waals surface area contributed by atoms with Gasteiger partial charge in [-0.1, -0.05) is 53.7 Å². The number of benzene rings is 3. The van der Waals surface area contributed by atoms with E-state index >= 15 is 0 Å². The second kappa shape index (κ2) is 10.1. The molecule has 0 aliphatic rings. The van der Waals surface area contributed by atoms with Gasteiger partial charge in [0.15, 0.2) is 0 Å². The zero-order valence-electron chi connectivity index (χ0n) is 18.7. The summed E-state index contributed by atoms with van der Waals surface area (Å²) in [4.78, 5) is 15.3. The number of aryl methyl sites for hydroxylation is 2. The first-order chi connectivity index (χ1) is 16.0. The Morgan fingerprint density at radius 3 is 2.48 bits per heavy atom. The van der Waals surface area contributed by atoms with Crippen molar-refractivity contribution in [3.05, 3.63) is 77.9 Å². The standard InChI is InChI=1S/C27H26N2O4/c1-3-32-24-17-21(15-16-23(24)22-9-5-4-7-18(22)2)27-28-26(29-33-27)20-13-11-19(12-14-20)8-6-10-25(30)31/h4-5,7,9,11-17H,3,6,8,10H2,1-2H3,(H,30,31). The van der Waals surface area contributed by atoms with Gasteiger partial charge >= 0.3 is 5.97 Å². The summed E-state index contributed by atoms with van der Waals surface area (Å²) in [5, 5.41) is 12.9. The Morgan fingerprint density at radius 1 is 1.00 bits per heavy atom. The van der Waals surface area contributed by atoms with Crippen molar-refractivity contribution in [1.29, 1.82) is 0 Å². The van der Waals surface area contributed by atoms with Gasteiger partial charge in [-0.05, 0) is 61.6 Å². The Hall–Kier alpha value is -3.93. The summed E-state index contributed by atoms with van der Waals surface area (Å²) in [5.41, 5.74) is 6.04. The first-order valence-corrected chi connectivity index (χ1v) is 11.0. The summed E-state index contributed by atoms with van der Waals surface area (Å²) in [6, 6.07) is 21.9. The van der Waals surface area contributed by atoms with Crippen molar-refractivity contribution >= 4 is 5.97 Å². The second-order valence-electron chi connectivity index (χ2n) is 7.83. The Kier molecular flexibility index (Phi) is 6.83. The zero-order chi connectivity index (χ0) is 23.2. The van der Waals surface area contributed by atoms with Crippen LogP contribution in [0.15, 0.2) is 71.3 Å². The summed E-state index contributed by atoms with van der Waals surface area (Å²) in [5.74, 6) is 0.927. The molecule has 6 heteroatoms. The SMILES string of the molecule is CCOc1cc(-c2nc(-c3ccc(CCCC(=O)O)cc3)no2)ccc1-c1ccccc1C. The van der Waals surface area contributed by atoms with Crippen LogP contribution in [0.4, 0.5) is 0 Å². The normalized spacial score (nSPS) is 10.8. The van der Waals surface area contributed by atoms with Crippen LogP contribution in [0, 0.1) is 6.92 Å². The predicted octanol–water partition coefficient (Wildman–Crippen LogP) is 6.19. The Bertz CT molecular complexity index is 1250. The number of rotatable bonds is 9. The van der Waals surface area contributed by atoms with Crippen molar-refractivity contribution < 1.29 is 19.2 Å². The maximum absolute atomic E-state index is 10.7. The molecule has 33 heavy (non-hydrogen) atoms. The Labute approximate surface area is 192 Å². The first-order valence-electron chi connectivity index (χ1n) is 11.0. The van der Waals surface area contributed by atoms with Crippen molar-refractivity contribution in [3.8, 4) is 39.7 Å². The number of aromatic nitrogens is 2. The van der Waals surface area contributed by atoms with Crippen LogP contribution in [0.2, 0.25) is 0 Å². The number of carboxylic acid groups (broad SMARTS) is 1. The molecule has 0 fully saturated rings. The highest BCUT2D eigenvalue weighted by Gasteiger charge is 2.15. The van der Waals surface area contributed by atoms with Gasteiger partial charge in [-0.3, -0.25) is 4.79 Å². The number of ether oxygens (including phenoxy) is 1. The third-order valence-corrected chi connectivity index (χ3v) is 5.46. The van der Waals surface area contributed by atoms with E-state index in [2.05, 4.69) is 29.2 Å². The number of hydrogen-bond acceptors (Lipinski definition) is 5. The van der Waals surface area contributed by atoms with E-state index in [-0.39, 0.29) is 6.42 Å². The third-order valence-electron chi connectivity index (χ3n) is 5.46. The molecule has 6 nitrogen and oxygen atoms in total. The largest absolute Gasteiger partial charge is 0.493 e. The molecule has 0 aliphatic heterocycles. The van der Waals surface area contributed by atoms with E-state index in [0.29, 0.717) is 24.7 Å². The predicted molar refractivity (Wildman–Crippen MR) is 127 cm³/mol. The molecular weight excluding hydrogens is 416 g/mol. The molecular formula is C27H26N2O4. The molecule has 0 aliphatic carbocycles. The van der Waals surface area contributed by atoms with Gasteiger partial charge in [-0.15, -0.1) is 0 Å². The van der Waals surface area contributed by atoms with Crippen LogP contribution < -0.4 is 4.74 Å². The van der Waals surface area contributed by atoms with Crippen LogP contribution in [0.1, 0.15) is 30.9 Å². The molecule has 0 spiro atoms. The van der Waals surface area contributed by atoms with Gasteiger partial charge < -0.3 is 14.4 Å². The van der Waals surface area contributed by atoms with E-state index in [4.69, 9.17) is 14.4 Å². The maximum atomic E-state index is 10.7. The average molecular weight is 443 g/mol. The summed E-state index contributed by atoms with van der Waals surface area (Å²) in [6.07, 6.45) is 1.50. The quantitative estimate of drug-likeness (QED) is 0.333. The van der Waals surface area contributed by atoms with Crippen molar-refractivity contribution in [2.24, 2.45) is 0 Å². The molecule has 0 atom stereocenters. The molecule has 0 saturated carbocycles. The van der Waals surface area contributed by atoms with Crippen LogP contribution in [-0.2, 0) is 11.2 Å². The van der Waals surface area contributed by atoms with Crippen LogP contribution in [0.3, 0.4) is 0 Å². The number of aliphatic carboxylic acids is 1. The van der Waals surface area contributed by atoms with Crippen molar-refractivity contribution in [2.75, 3.05) is 6.61 Å². The van der Waals surface area contributed by atoms with Gasteiger partial charge in [-0.25, -0.2) is 0 Å². The third kappa shape index (κ3) is 5.29. The maximum Gasteiger partial charge on any atom is 0.303 e. The first kappa shape index (κ1) is 22.3. The minimum Gasteiger partial charge on any atom is -0.493 e. The summed E-state index contributed by atoms with van der Waals surface area (Å²) < 4.78 is 11.5. The fourth-order valence-electron chi connectivity index (χ4n) is 3.75. The van der Waals surface area contributed by atoms with Crippen molar-refractivity contribution in [2.45, 2.75) is 33.1 Å². The number of carboxylic acids is 1. The zero-order valence-corrected chi connectivity index (χ0v) is 18.7. The second-order valence-corrected chi connectivity index (χ2v) is 7.83. The molecule has 4 rings (SSSR count). The van der Waals surface area contributed by atoms with Crippen LogP contribution >= 0.6 is 0 Å². The molecule has 0 amide bonds. The molecule has 1 N–H and O–H groups in total. The molecule has 1 heterocycles. The number of carbonyl (C=O) groups is 1. The molecule has 0 bridgehead atoms. The van der Waals surface area contributed by atoms with E-state index in [1.54, 1.807) is 0 Å². The summed E-state index contributed by atoms with van der Waals surface area (Å²) in [7, 11) is 0. The van der Waals surface area contributed by atoms with E-state index in [0.717, 1.165) is 40.0 Å². The number of hydrogen-bond donors (Lipinski definition) is 1. The molecule has 1 aromatic heterocycles. The average Bonchev–Trinajstić information content (AvgIpc) is 3.30. The fraction of sp³-hybridized carbons (Fsp3) is 0.222. The molecule has 3 aromatic carbocycles. The van der Waals surface area contributed by atoms with E-state index in [1.807, 2.05) is 61.5 Å². The van der Waals surface area contributed by atoms with Crippen molar-refractivity contribution in [1.82, 2.24) is 10.1 Å². The molecule has 0 saturated heterocycles. The number of nitrogens with zero attached hydrogens (tertiary/aromatic N) is 2. The van der Waals surface area contributed by atoms with Crippen LogP contribution in [0.25, 0.3) is 34.0 Å². The summed E-state index contributed by atoms with van der Waals surface area (Å²) in [6.45, 7) is 4.60. The summed E-state index contributed by atoms with van der Waals surface area (Å²) >= 11 is 0. The lowest BCUT2D eigenvalue weighted by molar-refractivity contribution is -0.137. The molecule has 0 radical (unpaired) electrons. The van der Waals surface area contributed by atoms with Crippen LogP contribution in [0.5, 0.6) is 5.75 Å². The topological polar surface area (TPSA) is 85.5 Å². The Morgan fingerprint density at radius 2 is 1.76 bits per heavy atom. The van der Waals surface area contributed by atoms with Crippen molar-refractivity contribution in [3.63, 3.8) is 0 Å². The lowest BCUT2D eigenvalue weighted by Crippen LogP contribution is -1.96. The van der Waals surface area contributed by atoms with E-state index in [9.17, 15) is 4.79 Å². The minimum atomic E-state index is -0.773. The molecule has 4 aromatic rings. The fourth-order valence-corrected chi connectivity index (χ4v) is 3.75. The van der Waals surface area contributed by atoms with Gasteiger partial charge in [0.05, 0.1) is 6.61 Å². The lowest BCUT2D eigenvalue weighted by Gasteiger charge is -2.13. The minimum absolute atomic E-state index is 0.169. The Balaban J connectivity index is 1.56. The molecule has 0 unspecified atom stereocenters. The van der Waals surface area contributed by atoms with Gasteiger partial charge in [0.2, 0.25) is 5.82 Å². The molecule has 168 valence electrons. The van der Waals surface area contributed by atoms with E-state index in [1.165, 1.54) is 5.56 Å². The monoisotopic (exact) mass is 442 g/mol. The highest BCUT2D eigenvalue weighted by molar-refractivity contribution is 5.76. The van der Waals surface area contributed by atoms with Gasteiger partial charge in [-0.2, -0.15) is 4.98 Å².